The lowest BCUT2D eigenvalue weighted by atomic mass is 9.98. The molecule has 6 heteroatoms. The van der Waals surface area contributed by atoms with E-state index in [1.807, 2.05) is 30.3 Å². The number of nitrogens with zero attached hydrogens (tertiary/aromatic N) is 2. The smallest absolute Gasteiger partial charge is 0.242 e. The minimum absolute atomic E-state index is 0.0700. The van der Waals surface area contributed by atoms with E-state index in [0.717, 1.165) is 5.56 Å². The Kier molecular flexibility index (Phi) is 4.34. The molecule has 1 unspecified atom stereocenters. The van der Waals surface area contributed by atoms with E-state index in [-0.39, 0.29) is 30.8 Å². The number of carbonyl (C=O) groups excluding carboxylic acids is 2. The van der Waals surface area contributed by atoms with Gasteiger partial charge in [-0.15, -0.1) is 0 Å². The Labute approximate surface area is 123 Å². The highest BCUT2D eigenvalue weighted by Gasteiger charge is 2.30. The van der Waals surface area contributed by atoms with E-state index in [0.29, 0.717) is 11.5 Å². The summed E-state index contributed by atoms with van der Waals surface area (Å²) >= 11 is 5.10. The van der Waals surface area contributed by atoms with E-state index < -0.39 is 0 Å². The second kappa shape index (κ2) is 6.00. The summed E-state index contributed by atoms with van der Waals surface area (Å²) in [5, 5.41) is 0. The van der Waals surface area contributed by atoms with Crippen molar-refractivity contribution in [1.82, 2.24) is 9.80 Å². The number of hydrogen-bond acceptors (Lipinski definition) is 3. The Hall–Kier alpha value is -1.95. The minimum atomic E-state index is -0.230. The number of rotatable bonds is 4. The van der Waals surface area contributed by atoms with Crippen LogP contribution < -0.4 is 5.73 Å². The Balaban J connectivity index is 2.15. The van der Waals surface area contributed by atoms with Crippen molar-refractivity contribution >= 4 is 29.0 Å². The predicted octanol–water partition coefficient (Wildman–Crippen LogP) is 0.357. The van der Waals surface area contributed by atoms with Crippen LogP contribution in [0.25, 0.3) is 0 Å². The molecule has 1 fully saturated rings. The van der Waals surface area contributed by atoms with Gasteiger partial charge in [-0.1, -0.05) is 42.5 Å². The van der Waals surface area contributed by atoms with Crippen molar-refractivity contribution in [3.05, 3.63) is 35.9 Å². The Morgan fingerprint density at radius 3 is 2.50 bits per heavy atom. The molecule has 1 aliphatic rings. The predicted molar refractivity (Wildman–Crippen MR) is 80.2 cm³/mol. The average molecular weight is 291 g/mol. The number of carbonyl (C=O) groups is 2. The van der Waals surface area contributed by atoms with Gasteiger partial charge in [-0.2, -0.15) is 0 Å². The first kappa shape index (κ1) is 14.5. The third-order valence-corrected chi connectivity index (χ3v) is 3.71. The van der Waals surface area contributed by atoms with E-state index in [1.54, 1.807) is 7.05 Å². The molecule has 0 radical (unpaired) electrons. The van der Waals surface area contributed by atoms with Crippen LogP contribution in [-0.2, 0) is 9.59 Å². The van der Waals surface area contributed by atoms with E-state index in [1.165, 1.54) is 9.80 Å². The Morgan fingerprint density at radius 1 is 1.25 bits per heavy atom. The molecular weight excluding hydrogens is 274 g/mol. The van der Waals surface area contributed by atoms with Crippen LogP contribution in [0.2, 0.25) is 0 Å². The first-order chi connectivity index (χ1) is 9.49. The molecule has 1 saturated heterocycles. The zero-order chi connectivity index (χ0) is 14.7. The van der Waals surface area contributed by atoms with Crippen molar-refractivity contribution in [2.75, 3.05) is 26.7 Å². The molecular formula is C14H17N3O2S. The van der Waals surface area contributed by atoms with Gasteiger partial charge in [0.05, 0.1) is 24.0 Å². The number of hydrogen-bond donors (Lipinski definition) is 1. The summed E-state index contributed by atoms with van der Waals surface area (Å²) in [7, 11) is 1.62. The standard InChI is InChI=1S/C14H17N3O2S/c1-16-8-13(19)17(9-12(16)18)7-11(14(15)20)10-5-3-2-4-6-10/h2-6,11H,7-9H2,1H3,(H2,15,20). The summed E-state index contributed by atoms with van der Waals surface area (Å²) in [6.07, 6.45) is 0. The number of likely N-dealkylation sites (N-methyl/N-ethyl adjacent to an activating group) is 1. The first-order valence-electron chi connectivity index (χ1n) is 6.35. The zero-order valence-electron chi connectivity index (χ0n) is 11.3. The maximum atomic E-state index is 12.0. The summed E-state index contributed by atoms with van der Waals surface area (Å²) in [6.45, 7) is 0.538. The topological polar surface area (TPSA) is 66.6 Å². The van der Waals surface area contributed by atoms with E-state index in [2.05, 4.69) is 0 Å². The fourth-order valence-electron chi connectivity index (χ4n) is 2.19. The molecule has 1 aliphatic heterocycles. The molecule has 1 aromatic carbocycles. The van der Waals surface area contributed by atoms with Crippen molar-refractivity contribution in [3.63, 3.8) is 0 Å². The molecule has 2 amide bonds. The third-order valence-electron chi connectivity index (χ3n) is 3.43. The number of thiocarbonyl (C=S) groups is 1. The van der Waals surface area contributed by atoms with E-state index >= 15 is 0 Å². The highest BCUT2D eigenvalue weighted by molar-refractivity contribution is 7.80. The van der Waals surface area contributed by atoms with Crippen molar-refractivity contribution in [2.45, 2.75) is 5.92 Å². The lowest BCUT2D eigenvalue weighted by molar-refractivity contribution is -0.148. The monoisotopic (exact) mass is 291 g/mol. The summed E-state index contributed by atoms with van der Waals surface area (Å²) in [6, 6.07) is 9.55. The molecule has 5 nitrogen and oxygen atoms in total. The van der Waals surface area contributed by atoms with Gasteiger partial charge in [0.25, 0.3) is 0 Å². The van der Waals surface area contributed by atoms with Crippen molar-refractivity contribution in [2.24, 2.45) is 5.73 Å². The Morgan fingerprint density at radius 2 is 1.90 bits per heavy atom. The third kappa shape index (κ3) is 3.14. The molecule has 1 aromatic rings. The van der Waals surface area contributed by atoms with Crippen LogP contribution in [0.5, 0.6) is 0 Å². The molecule has 2 N–H and O–H groups in total. The molecule has 0 bridgehead atoms. The van der Waals surface area contributed by atoms with Crippen molar-refractivity contribution < 1.29 is 9.59 Å². The van der Waals surface area contributed by atoms with Crippen molar-refractivity contribution in [3.8, 4) is 0 Å². The molecule has 0 saturated carbocycles. The number of nitrogens with two attached hydrogens (primary N) is 1. The number of benzene rings is 1. The van der Waals surface area contributed by atoms with Crippen molar-refractivity contribution in [1.29, 1.82) is 0 Å². The maximum Gasteiger partial charge on any atom is 0.242 e. The Bertz CT molecular complexity index is 532. The fraction of sp³-hybridized carbons (Fsp3) is 0.357. The molecule has 106 valence electrons. The zero-order valence-corrected chi connectivity index (χ0v) is 12.1. The highest BCUT2D eigenvalue weighted by Crippen LogP contribution is 2.19. The summed E-state index contributed by atoms with van der Waals surface area (Å²) < 4.78 is 0. The van der Waals surface area contributed by atoms with Crippen LogP contribution in [0.1, 0.15) is 11.5 Å². The molecule has 0 spiro atoms. The van der Waals surface area contributed by atoms with Crippen LogP contribution in [0.3, 0.4) is 0 Å². The average Bonchev–Trinajstić information content (AvgIpc) is 2.42. The van der Waals surface area contributed by atoms with Gasteiger partial charge in [0, 0.05) is 13.6 Å². The molecule has 20 heavy (non-hydrogen) atoms. The van der Waals surface area contributed by atoms with Crippen LogP contribution in [0, 0.1) is 0 Å². The lowest BCUT2D eigenvalue weighted by Crippen LogP contribution is -2.53. The number of amides is 2. The normalized spacial score (nSPS) is 17.2. The van der Waals surface area contributed by atoms with Gasteiger partial charge >= 0.3 is 0 Å². The molecule has 0 aliphatic carbocycles. The van der Waals surface area contributed by atoms with E-state index in [9.17, 15) is 9.59 Å². The summed E-state index contributed by atoms with van der Waals surface area (Å²) in [5.41, 5.74) is 6.75. The van der Waals surface area contributed by atoms with Crippen LogP contribution in [0.4, 0.5) is 0 Å². The first-order valence-corrected chi connectivity index (χ1v) is 6.76. The quantitative estimate of drug-likeness (QED) is 0.813. The largest absolute Gasteiger partial charge is 0.393 e. The maximum absolute atomic E-state index is 12.0. The van der Waals surface area contributed by atoms with Crippen LogP contribution in [0.15, 0.2) is 30.3 Å². The SMILES string of the molecule is CN1CC(=O)N(CC(C(N)=S)c2ccccc2)CC1=O. The fourth-order valence-corrected chi connectivity index (χ4v) is 2.41. The van der Waals surface area contributed by atoms with Crippen LogP contribution in [-0.4, -0.2) is 53.3 Å². The molecule has 2 rings (SSSR count). The summed E-state index contributed by atoms with van der Waals surface area (Å²) in [5.74, 6) is -0.380. The van der Waals surface area contributed by atoms with Gasteiger partial charge in [-0.25, -0.2) is 0 Å². The number of piperazine rings is 1. The highest BCUT2D eigenvalue weighted by atomic mass is 32.1. The lowest BCUT2D eigenvalue weighted by Gasteiger charge is -2.33. The van der Waals surface area contributed by atoms with Crippen LogP contribution >= 0.6 is 12.2 Å². The van der Waals surface area contributed by atoms with Gasteiger partial charge in [0.1, 0.15) is 0 Å². The van der Waals surface area contributed by atoms with Gasteiger partial charge in [-0.3, -0.25) is 9.59 Å². The van der Waals surface area contributed by atoms with Gasteiger partial charge < -0.3 is 15.5 Å². The molecule has 1 heterocycles. The van der Waals surface area contributed by atoms with E-state index in [4.69, 9.17) is 18.0 Å². The summed E-state index contributed by atoms with van der Waals surface area (Å²) in [4.78, 5) is 27.0. The molecule has 1 atom stereocenters. The molecule has 0 aromatic heterocycles. The van der Waals surface area contributed by atoms with Gasteiger partial charge in [0.2, 0.25) is 11.8 Å². The van der Waals surface area contributed by atoms with Gasteiger partial charge in [0.15, 0.2) is 0 Å². The second-order valence-electron chi connectivity index (χ2n) is 4.89. The van der Waals surface area contributed by atoms with Gasteiger partial charge in [-0.05, 0) is 5.56 Å². The second-order valence-corrected chi connectivity index (χ2v) is 5.36. The minimum Gasteiger partial charge on any atom is -0.393 e.